The van der Waals surface area contributed by atoms with Crippen molar-refractivity contribution in [3.8, 4) is 0 Å². The number of benzene rings is 1. The van der Waals surface area contributed by atoms with E-state index in [-0.39, 0.29) is 17.5 Å². The molecule has 1 unspecified atom stereocenters. The molecule has 8 heteroatoms. The number of aromatic nitrogens is 2. The number of halogens is 1. The number of nitrogens with zero attached hydrogens (tertiary/aromatic N) is 3. The minimum atomic E-state index is -2.93. The predicted octanol–water partition coefficient (Wildman–Crippen LogP) is 2.61. The van der Waals surface area contributed by atoms with E-state index in [1.807, 2.05) is 36.2 Å². The molecule has 0 bridgehead atoms. The topological polar surface area (TPSA) is 75.2 Å². The number of nitrogens with one attached hydrogen (secondary N) is 1. The van der Waals surface area contributed by atoms with Gasteiger partial charge in [0.1, 0.15) is 5.82 Å². The fourth-order valence-electron chi connectivity index (χ4n) is 2.53. The second-order valence-electron chi connectivity index (χ2n) is 5.51. The second-order valence-corrected chi connectivity index (χ2v) is 8.60. The van der Waals surface area contributed by atoms with E-state index in [1.165, 1.54) is 0 Å². The molecule has 1 aliphatic rings. The Morgan fingerprint density at radius 3 is 2.78 bits per heavy atom. The zero-order valence-electron chi connectivity index (χ0n) is 12.6. The van der Waals surface area contributed by atoms with E-state index >= 15 is 0 Å². The number of anilines is 3. The van der Waals surface area contributed by atoms with Crippen LogP contribution >= 0.6 is 15.9 Å². The summed E-state index contributed by atoms with van der Waals surface area (Å²) < 4.78 is 24.2. The van der Waals surface area contributed by atoms with E-state index < -0.39 is 9.84 Å². The van der Waals surface area contributed by atoms with Crippen molar-refractivity contribution < 1.29 is 8.42 Å². The first-order valence-corrected chi connectivity index (χ1v) is 9.84. The summed E-state index contributed by atoms with van der Waals surface area (Å²) in [6, 6.07) is 9.47. The van der Waals surface area contributed by atoms with Crippen molar-refractivity contribution in [2.75, 3.05) is 28.8 Å². The van der Waals surface area contributed by atoms with Crippen molar-refractivity contribution >= 4 is 43.2 Å². The highest BCUT2D eigenvalue weighted by Gasteiger charge is 2.31. The van der Waals surface area contributed by atoms with Crippen LogP contribution in [-0.4, -0.2) is 43.0 Å². The minimum Gasteiger partial charge on any atom is -0.340 e. The summed E-state index contributed by atoms with van der Waals surface area (Å²) in [5, 5.41) is 3.23. The first-order chi connectivity index (χ1) is 10.9. The molecule has 1 aliphatic heterocycles. The Balaban J connectivity index is 1.79. The molecule has 3 rings (SSSR count). The van der Waals surface area contributed by atoms with Crippen LogP contribution in [0.4, 0.5) is 17.5 Å². The number of sulfone groups is 1. The number of para-hydroxylation sites is 1. The van der Waals surface area contributed by atoms with Gasteiger partial charge in [0.25, 0.3) is 0 Å². The largest absolute Gasteiger partial charge is 0.340 e. The summed E-state index contributed by atoms with van der Waals surface area (Å²) in [6.45, 7) is 0. The summed E-state index contributed by atoms with van der Waals surface area (Å²) in [4.78, 5) is 10.6. The molecule has 1 N–H and O–H groups in total. The monoisotopic (exact) mass is 396 g/mol. The molecule has 122 valence electrons. The van der Waals surface area contributed by atoms with E-state index in [1.54, 1.807) is 12.3 Å². The minimum absolute atomic E-state index is 0.0706. The van der Waals surface area contributed by atoms with E-state index in [9.17, 15) is 8.42 Å². The average molecular weight is 397 g/mol. The Labute approximate surface area is 144 Å². The van der Waals surface area contributed by atoms with Crippen molar-refractivity contribution in [1.82, 2.24) is 9.97 Å². The van der Waals surface area contributed by atoms with Crippen LogP contribution in [0.1, 0.15) is 6.42 Å². The lowest BCUT2D eigenvalue weighted by molar-refractivity contribution is 0.600. The molecule has 1 aromatic heterocycles. The van der Waals surface area contributed by atoms with Crippen molar-refractivity contribution in [2.24, 2.45) is 0 Å². The Kier molecular flexibility index (Phi) is 4.54. The molecule has 0 aliphatic carbocycles. The summed E-state index contributed by atoms with van der Waals surface area (Å²) >= 11 is 3.48. The smallest absolute Gasteiger partial charge is 0.227 e. The molecule has 1 atom stereocenters. The zero-order chi connectivity index (χ0) is 16.4. The van der Waals surface area contributed by atoms with Gasteiger partial charge in [0.15, 0.2) is 9.84 Å². The van der Waals surface area contributed by atoms with Crippen LogP contribution in [0.5, 0.6) is 0 Å². The van der Waals surface area contributed by atoms with Gasteiger partial charge in [-0.2, -0.15) is 4.98 Å². The normalized spacial score (nSPS) is 19.5. The van der Waals surface area contributed by atoms with E-state index in [0.29, 0.717) is 18.2 Å². The zero-order valence-corrected chi connectivity index (χ0v) is 15.0. The van der Waals surface area contributed by atoms with E-state index in [0.717, 1.165) is 10.2 Å². The number of hydrogen-bond acceptors (Lipinski definition) is 6. The van der Waals surface area contributed by atoms with Crippen molar-refractivity contribution in [2.45, 2.75) is 12.5 Å². The van der Waals surface area contributed by atoms with Gasteiger partial charge in [0.05, 0.1) is 17.2 Å². The first kappa shape index (κ1) is 16.2. The maximum absolute atomic E-state index is 11.6. The molecule has 23 heavy (non-hydrogen) atoms. The lowest BCUT2D eigenvalue weighted by Crippen LogP contribution is -2.33. The Bertz CT molecular complexity index is 813. The number of hydrogen-bond donors (Lipinski definition) is 1. The third kappa shape index (κ3) is 3.81. The second kappa shape index (κ2) is 6.45. The summed E-state index contributed by atoms with van der Waals surface area (Å²) in [7, 11) is -1.10. The maximum atomic E-state index is 11.6. The lowest BCUT2D eigenvalue weighted by Gasteiger charge is -2.23. The van der Waals surface area contributed by atoms with Gasteiger partial charge < -0.3 is 10.2 Å². The molecule has 2 aromatic rings. The van der Waals surface area contributed by atoms with E-state index in [4.69, 9.17) is 0 Å². The van der Waals surface area contributed by atoms with Gasteiger partial charge in [-0.3, -0.25) is 0 Å². The molecule has 0 saturated carbocycles. The van der Waals surface area contributed by atoms with Crippen LogP contribution in [0, 0.1) is 0 Å². The van der Waals surface area contributed by atoms with Crippen molar-refractivity contribution in [3.05, 3.63) is 41.0 Å². The summed E-state index contributed by atoms with van der Waals surface area (Å²) in [6.07, 6.45) is 2.28. The highest BCUT2D eigenvalue weighted by atomic mass is 79.9. The first-order valence-electron chi connectivity index (χ1n) is 7.22. The average Bonchev–Trinajstić information content (AvgIpc) is 2.89. The standard InChI is InChI=1S/C15H17BrN4O2S/c1-20(11-7-9-23(21,22)10-11)15-17-8-6-14(19-15)18-13-5-3-2-4-12(13)16/h2-6,8,11H,7,9-10H2,1H3,(H,17,18,19). The molecule has 0 spiro atoms. The highest BCUT2D eigenvalue weighted by Crippen LogP contribution is 2.26. The maximum Gasteiger partial charge on any atom is 0.227 e. The molecule has 6 nitrogen and oxygen atoms in total. The molecular weight excluding hydrogens is 380 g/mol. The molecular formula is C15H17BrN4O2S. The molecule has 0 amide bonds. The van der Waals surface area contributed by atoms with Crippen LogP contribution in [0.2, 0.25) is 0 Å². The van der Waals surface area contributed by atoms with Gasteiger partial charge in [-0.05, 0) is 40.5 Å². The van der Waals surface area contributed by atoms with Crippen LogP contribution in [0.15, 0.2) is 41.0 Å². The molecule has 1 saturated heterocycles. The third-order valence-corrected chi connectivity index (χ3v) is 6.29. The highest BCUT2D eigenvalue weighted by molar-refractivity contribution is 9.10. The van der Waals surface area contributed by atoms with Crippen LogP contribution < -0.4 is 10.2 Å². The summed E-state index contributed by atoms with van der Waals surface area (Å²) in [5.41, 5.74) is 0.906. The van der Waals surface area contributed by atoms with Gasteiger partial charge >= 0.3 is 0 Å². The van der Waals surface area contributed by atoms with Crippen molar-refractivity contribution in [1.29, 1.82) is 0 Å². The van der Waals surface area contributed by atoms with Crippen LogP contribution in [0.25, 0.3) is 0 Å². The fraction of sp³-hybridized carbons (Fsp3) is 0.333. The molecule has 0 radical (unpaired) electrons. The summed E-state index contributed by atoms with van der Waals surface area (Å²) in [5.74, 6) is 1.57. The Hall–Kier alpha value is -1.67. The fourth-order valence-corrected chi connectivity index (χ4v) is 4.69. The lowest BCUT2D eigenvalue weighted by atomic mass is 10.2. The van der Waals surface area contributed by atoms with Gasteiger partial charge in [0, 0.05) is 23.8 Å². The Morgan fingerprint density at radius 1 is 1.30 bits per heavy atom. The predicted molar refractivity (Wildman–Crippen MR) is 94.9 cm³/mol. The van der Waals surface area contributed by atoms with E-state index in [2.05, 4.69) is 31.2 Å². The number of rotatable bonds is 4. The van der Waals surface area contributed by atoms with Gasteiger partial charge in [-0.15, -0.1) is 0 Å². The molecule has 1 aromatic carbocycles. The molecule has 2 heterocycles. The van der Waals surface area contributed by atoms with Crippen molar-refractivity contribution in [3.63, 3.8) is 0 Å². The molecule has 1 fully saturated rings. The Morgan fingerprint density at radius 2 is 2.09 bits per heavy atom. The van der Waals surface area contributed by atoms with Crippen LogP contribution in [-0.2, 0) is 9.84 Å². The van der Waals surface area contributed by atoms with Gasteiger partial charge in [0.2, 0.25) is 5.95 Å². The van der Waals surface area contributed by atoms with Crippen LogP contribution in [0.3, 0.4) is 0 Å². The van der Waals surface area contributed by atoms with Gasteiger partial charge in [-0.25, -0.2) is 13.4 Å². The van der Waals surface area contributed by atoms with Gasteiger partial charge in [-0.1, -0.05) is 12.1 Å². The SMILES string of the molecule is CN(c1nccc(Nc2ccccc2Br)n1)C1CCS(=O)(=O)C1. The third-order valence-electron chi connectivity index (χ3n) is 3.85. The quantitative estimate of drug-likeness (QED) is 0.855.